The Hall–Kier alpha value is -0.850. The van der Waals surface area contributed by atoms with Gasteiger partial charge in [-0.05, 0) is 13.3 Å². The van der Waals surface area contributed by atoms with Gasteiger partial charge in [0.15, 0.2) is 0 Å². The molecule has 0 aliphatic carbocycles. The number of nitrogens with one attached hydrogen (secondary N) is 3. The molecule has 2 amide bonds. The molecule has 1 rings (SSSR count). The fourth-order valence-corrected chi connectivity index (χ4v) is 1.79. The summed E-state index contributed by atoms with van der Waals surface area (Å²) in [4.78, 5) is 23.1. The summed E-state index contributed by atoms with van der Waals surface area (Å²) >= 11 is 0. The van der Waals surface area contributed by atoms with Gasteiger partial charge in [0.1, 0.15) is 6.04 Å². The van der Waals surface area contributed by atoms with Crippen LogP contribution in [0.5, 0.6) is 0 Å². The highest BCUT2D eigenvalue weighted by Gasteiger charge is 2.27. The number of hydrogen-bond donors (Lipinski definition) is 3. The van der Waals surface area contributed by atoms with Gasteiger partial charge in [-0.15, -0.1) is 12.4 Å². The number of amides is 2. The summed E-state index contributed by atoms with van der Waals surface area (Å²) in [5.41, 5.74) is 0. The van der Waals surface area contributed by atoms with Crippen LogP contribution in [0.2, 0.25) is 0 Å². The fourth-order valence-electron chi connectivity index (χ4n) is 1.79. The topological polar surface area (TPSA) is 79.5 Å². The molecule has 7 heteroatoms. The molecule has 1 aliphatic rings. The van der Waals surface area contributed by atoms with E-state index in [-0.39, 0.29) is 36.4 Å². The Balaban J connectivity index is 0.00000324. The number of carbonyl (C=O) groups excluding carboxylic acids is 2. The highest BCUT2D eigenvalue weighted by atomic mass is 35.5. The largest absolute Gasteiger partial charge is 0.375 e. The summed E-state index contributed by atoms with van der Waals surface area (Å²) in [6.07, 6.45) is 1.10. The molecule has 0 bridgehead atoms. The van der Waals surface area contributed by atoms with Gasteiger partial charge in [0.2, 0.25) is 11.8 Å². The van der Waals surface area contributed by atoms with E-state index in [1.165, 1.54) is 0 Å². The van der Waals surface area contributed by atoms with Crippen molar-refractivity contribution in [2.45, 2.75) is 38.8 Å². The van der Waals surface area contributed by atoms with Crippen molar-refractivity contribution in [1.29, 1.82) is 0 Å². The van der Waals surface area contributed by atoms with Gasteiger partial charge in [-0.2, -0.15) is 0 Å². The van der Waals surface area contributed by atoms with Gasteiger partial charge >= 0.3 is 0 Å². The molecule has 2 atom stereocenters. The van der Waals surface area contributed by atoms with Gasteiger partial charge in [0.25, 0.3) is 0 Å². The summed E-state index contributed by atoms with van der Waals surface area (Å²) < 4.78 is 5.39. The number of carbonyl (C=O) groups is 2. The van der Waals surface area contributed by atoms with Crippen molar-refractivity contribution in [3.63, 3.8) is 0 Å². The summed E-state index contributed by atoms with van der Waals surface area (Å²) in [7, 11) is 0. The average molecular weight is 294 g/mol. The quantitative estimate of drug-likeness (QED) is 0.635. The van der Waals surface area contributed by atoms with Crippen molar-refractivity contribution in [3.05, 3.63) is 0 Å². The number of rotatable bonds is 6. The number of morpholine rings is 1. The molecule has 6 nitrogen and oxygen atoms in total. The summed E-state index contributed by atoms with van der Waals surface area (Å²) in [5, 5.41) is 8.62. The summed E-state index contributed by atoms with van der Waals surface area (Å²) in [6.45, 7) is 6.22. The van der Waals surface area contributed by atoms with E-state index >= 15 is 0 Å². The van der Waals surface area contributed by atoms with Gasteiger partial charge in [-0.25, -0.2) is 0 Å². The lowest BCUT2D eigenvalue weighted by molar-refractivity contribution is -0.129. The minimum Gasteiger partial charge on any atom is -0.375 e. The van der Waals surface area contributed by atoms with Crippen molar-refractivity contribution < 1.29 is 14.3 Å². The third kappa shape index (κ3) is 6.75. The van der Waals surface area contributed by atoms with Crippen molar-refractivity contribution in [1.82, 2.24) is 16.0 Å². The normalized spacial score (nSPS) is 22.2. The van der Waals surface area contributed by atoms with E-state index in [4.69, 9.17) is 4.74 Å². The summed E-state index contributed by atoms with van der Waals surface area (Å²) in [6, 6.07) is -0.322. The van der Waals surface area contributed by atoms with Gasteiger partial charge in [-0.1, -0.05) is 6.92 Å². The Labute approximate surface area is 120 Å². The molecule has 1 fully saturated rings. The van der Waals surface area contributed by atoms with Crippen LogP contribution in [0.4, 0.5) is 0 Å². The molecule has 1 heterocycles. The van der Waals surface area contributed by atoms with Crippen molar-refractivity contribution in [3.8, 4) is 0 Å². The first-order valence-corrected chi connectivity index (χ1v) is 6.54. The number of hydrogen-bond acceptors (Lipinski definition) is 4. The Morgan fingerprint density at radius 1 is 1.32 bits per heavy atom. The standard InChI is InChI=1S/C12H23N3O3.ClH/c1-3-5-13-10(16)4-6-15-12(17)11-9(2)18-8-7-14-11;/h9,11,14H,3-8H2,1-2H3,(H,13,16)(H,15,17);1H/t9-,11+;/m1./s1. The number of halogens is 1. The van der Waals surface area contributed by atoms with Crippen LogP contribution in [-0.2, 0) is 14.3 Å². The molecule has 19 heavy (non-hydrogen) atoms. The first kappa shape index (κ1) is 18.1. The van der Waals surface area contributed by atoms with E-state index in [0.29, 0.717) is 32.7 Å². The van der Waals surface area contributed by atoms with E-state index in [2.05, 4.69) is 16.0 Å². The second-order valence-electron chi connectivity index (χ2n) is 4.40. The van der Waals surface area contributed by atoms with Gasteiger partial charge in [0.05, 0.1) is 12.7 Å². The first-order valence-electron chi connectivity index (χ1n) is 6.54. The van der Waals surface area contributed by atoms with Crippen LogP contribution >= 0.6 is 12.4 Å². The van der Waals surface area contributed by atoms with Crippen molar-refractivity contribution in [2.24, 2.45) is 0 Å². The maximum absolute atomic E-state index is 11.8. The van der Waals surface area contributed by atoms with Gasteiger partial charge in [0, 0.05) is 26.1 Å². The van der Waals surface area contributed by atoms with Crippen LogP contribution in [0.1, 0.15) is 26.7 Å². The smallest absolute Gasteiger partial charge is 0.239 e. The molecule has 1 aliphatic heterocycles. The highest BCUT2D eigenvalue weighted by molar-refractivity contribution is 5.85. The fraction of sp³-hybridized carbons (Fsp3) is 0.833. The molecule has 112 valence electrons. The molecule has 0 aromatic carbocycles. The molecule has 1 saturated heterocycles. The number of ether oxygens (including phenoxy) is 1. The molecule has 0 aromatic heterocycles. The van der Waals surface area contributed by atoms with E-state index < -0.39 is 0 Å². The predicted octanol–water partition coefficient (Wildman–Crippen LogP) is -0.182. The minimum absolute atomic E-state index is 0. The molecular weight excluding hydrogens is 270 g/mol. The maximum Gasteiger partial charge on any atom is 0.239 e. The Morgan fingerprint density at radius 3 is 2.68 bits per heavy atom. The van der Waals surface area contributed by atoms with Crippen LogP contribution in [0.15, 0.2) is 0 Å². The lowest BCUT2D eigenvalue weighted by Gasteiger charge is -2.29. The Morgan fingerprint density at radius 2 is 2.05 bits per heavy atom. The lowest BCUT2D eigenvalue weighted by Crippen LogP contribution is -2.55. The van der Waals surface area contributed by atoms with Crippen LogP contribution in [-0.4, -0.2) is 50.2 Å². The van der Waals surface area contributed by atoms with E-state index in [0.717, 1.165) is 6.42 Å². The summed E-state index contributed by atoms with van der Waals surface area (Å²) in [5.74, 6) is -0.136. The molecule has 3 N–H and O–H groups in total. The van der Waals surface area contributed by atoms with Gasteiger partial charge in [-0.3, -0.25) is 9.59 Å². The zero-order chi connectivity index (χ0) is 13.4. The first-order chi connectivity index (χ1) is 8.65. The lowest BCUT2D eigenvalue weighted by atomic mass is 10.1. The minimum atomic E-state index is -0.322. The third-order valence-electron chi connectivity index (χ3n) is 2.82. The molecule has 0 saturated carbocycles. The van der Waals surface area contributed by atoms with E-state index in [1.807, 2.05) is 13.8 Å². The van der Waals surface area contributed by atoms with E-state index in [1.54, 1.807) is 0 Å². The average Bonchev–Trinajstić information content (AvgIpc) is 2.36. The van der Waals surface area contributed by atoms with Crippen molar-refractivity contribution >= 4 is 24.2 Å². The molecule has 0 unspecified atom stereocenters. The highest BCUT2D eigenvalue weighted by Crippen LogP contribution is 2.03. The van der Waals surface area contributed by atoms with Crippen molar-refractivity contribution in [2.75, 3.05) is 26.2 Å². The van der Waals surface area contributed by atoms with Crippen LogP contribution in [0.3, 0.4) is 0 Å². The monoisotopic (exact) mass is 293 g/mol. The zero-order valence-corrected chi connectivity index (χ0v) is 12.3. The molecule has 0 radical (unpaired) electrons. The zero-order valence-electron chi connectivity index (χ0n) is 11.5. The molecule has 0 spiro atoms. The maximum atomic E-state index is 11.8. The second kappa shape index (κ2) is 10.00. The SMILES string of the molecule is CCCNC(=O)CCNC(=O)[C@H]1NCCO[C@@H]1C.Cl. The van der Waals surface area contributed by atoms with Crippen LogP contribution in [0, 0.1) is 0 Å². The van der Waals surface area contributed by atoms with E-state index in [9.17, 15) is 9.59 Å². The Kier molecular flexibility index (Phi) is 9.55. The van der Waals surface area contributed by atoms with Crippen LogP contribution < -0.4 is 16.0 Å². The third-order valence-corrected chi connectivity index (χ3v) is 2.82. The second-order valence-corrected chi connectivity index (χ2v) is 4.40. The van der Waals surface area contributed by atoms with Gasteiger partial charge < -0.3 is 20.7 Å². The molecular formula is C12H24ClN3O3. The van der Waals surface area contributed by atoms with Crippen LogP contribution in [0.25, 0.3) is 0 Å². The molecule has 0 aromatic rings. The predicted molar refractivity (Wildman–Crippen MR) is 75.4 cm³/mol. The Bertz CT molecular complexity index is 289.